The van der Waals surface area contributed by atoms with Gasteiger partial charge in [0.1, 0.15) is 18.4 Å². The molecule has 1 heterocycles. The molecule has 2 N–H and O–H groups in total. The lowest BCUT2D eigenvalue weighted by Gasteiger charge is -2.05. The van der Waals surface area contributed by atoms with Crippen molar-refractivity contribution in [2.75, 3.05) is 11.1 Å². The van der Waals surface area contributed by atoms with Gasteiger partial charge in [-0.2, -0.15) is 5.26 Å². The lowest BCUT2D eigenvalue weighted by Crippen LogP contribution is -2.15. The number of aromatic amines is 1. The van der Waals surface area contributed by atoms with Crippen molar-refractivity contribution < 1.29 is 9.53 Å². The van der Waals surface area contributed by atoms with E-state index in [0.29, 0.717) is 22.2 Å². The van der Waals surface area contributed by atoms with Gasteiger partial charge in [0, 0.05) is 0 Å². The summed E-state index contributed by atoms with van der Waals surface area (Å²) < 4.78 is 5.58. The van der Waals surface area contributed by atoms with E-state index in [-0.39, 0.29) is 18.3 Å². The number of nitrogens with one attached hydrogen (secondary N) is 2. The van der Waals surface area contributed by atoms with Gasteiger partial charge in [0.25, 0.3) is 0 Å². The van der Waals surface area contributed by atoms with Crippen molar-refractivity contribution in [2.24, 2.45) is 0 Å². The normalized spacial score (nSPS) is 10.1. The lowest BCUT2D eigenvalue weighted by molar-refractivity contribution is -0.113. The van der Waals surface area contributed by atoms with Crippen LogP contribution in [0.2, 0.25) is 0 Å². The summed E-state index contributed by atoms with van der Waals surface area (Å²) in [6, 6.07) is 18.3. The first kappa shape index (κ1) is 17.5. The highest BCUT2D eigenvalue weighted by atomic mass is 32.2. The highest BCUT2D eigenvalue weighted by molar-refractivity contribution is 7.99. The molecule has 0 spiro atoms. The molecule has 0 radical (unpaired) electrons. The van der Waals surface area contributed by atoms with Gasteiger partial charge in [-0.05, 0) is 24.3 Å². The highest BCUT2D eigenvalue weighted by Gasteiger charge is 2.10. The number of rotatable bonds is 7. The molecule has 0 saturated carbocycles. The maximum absolute atomic E-state index is 12.0. The fraction of sp³-hybridized carbons (Fsp3) is 0.111. The van der Waals surface area contributed by atoms with Crippen LogP contribution in [0.15, 0.2) is 59.8 Å². The first-order valence-electron chi connectivity index (χ1n) is 7.75. The molecule has 3 aromatic rings. The third-order valence-electron chi connectivity index (χ3n) is 3.28. The molecule has 3 rings (SSSR count). The van der Waals surface area contributed by atoms with Crippen molar-refractivity contribution in [1.82, 2.24) is 15.2 Å². The Morgan fingerprint density at radius 1 is 1.19 bits per heavy atom. The molecular formula is C18H15N5O2S. The second-order valence-electron chi connectivity index (χ2n) is 5.16. The Bertz CT molecular complexity index is 921. The van der Waals surface area contributed by atoms with Crippen LogP contribution in [0.25, 0.3) is 0 Å². The first-order chi connectivity index (χ1) is 12.7. The zero-order valence-electron chi connectivity index (χ0n) is 13.7. The largest absolute Gasteiger partial charge is 0.486 e. The van der Waals surface area contributed by atoms with E-state index < -0.39 is 0 Å². The number of H-pyrrole nitrogens is 1. The van der Waals surface area contributed by atoms with Gasteiger partial charge in [0.05, 0.1) is 17.0 Å². The molecule has 0 aliphatic carbocycles. The maximum atomic E-state index is 12.0. The predicted octanol–water partition coefficient (Wildman–Crippen LogP) is 2.99. The Hall–Kier alpha value is -3.31. The molecule has 26 heavy (non-hydrogen) atoms. The van der Waals surface area contributed by atoms with Gasteiger partial charge < -0.3 is 10.1 Å². The molecule has 0 aliphatic heterocycles. The molecular weight excluding hydrogens is 350 g/mol. The van der Waals surface area contributed by atoms with E-state index in [2.05, 4.69) is 20.5 Å². The SMILES string of the molecule is N#Cc1ccccc1NC(=O)CSc1n[nH]c(COc2ccccc2)n1. The second-order valence-corrected chi connectivity index (χ2v) is 6.10. The van der Waals surface area contributed by atoms with Gasteiger partial charge in [-0.15, -0.1) is 5.10 Å². The Labute approximate surface area is 154 Å². The van der Waals surface area contributed by atoms with Gasteiger partial charge in [0.2, 0.25) is 11.1 Å². The number of thioether (sulfide) groups is 1. The molecule has 0 fully saturated rings. The molecule has 1 aromatic heterocycles. The van der Waals surface area contributed by atoms with Crippen molar-refractivity contribution in [1.29, 1.82) is 5.26 Å². The quantitative estimate of drug-likeness (QED) is 0.624. The van der Waals surface area contributed by atoms with E-state index in [1.807, 2.05) is 36.4 Å². The molecule has 130 valence electrons. The van der Waals surface area contributed by atoms with Crippen molar-refractivity contribution in [3.8, 4) is 11.8 Å². The van der Waals surface area contributed by atoms with E-state index in [1.165, 1.54) is 11.8 Å². The molecule has 0 bridgehead atoms. The Kier molecular flexibility index (Phi) is 5.85. The molecule has 2 aromatic carbocycles. The third-order valence-corrected chi connectivity index (χ3v) is 4.13. The van der Waals surface area contributed by atoms with Gasteiger partial charge in [-0.25, -0.2) is 4.98 Å². The number of hydrogen-bond acceptors (Lipinski definition) is 6. The average Bonchev–Trinajstić information content (AvgIpc) is 3.14. The summed E-state index contributed by atoms with van der Waals surface area (Å²) in [6.45, 7) is 0.263. The highest BCUT2D eigenvalue weighted by Crippen LogP contribution is 2.17. The minimum Gasteiger partial charge on any atom is -0.486 e. The first-order valence-corrected chi connectivity index (χ1v) is 8.74. The minimum atomic E-state index is -0.232. The number of anilines is 1. The number of carbonyl (C=O) groups is 1. The Balaban J connectivity index is 1.48. The summed E-state index contributed by atoms with van der Waals surface area (Å²) in [5.74, 6) is 1.22. The number of nitriles is 1. The zero-order valence-corrected chi connectivity index (χ0v) is 14.5. The van der Waals surface area contributed by atoms with Crippen molar-refractivity contribution >= 4 is 23.4 Å². The topological polar surface area (TPSA) is 104 Å². The van der Waals surface area contributed by atoms with Crippen molar-refractivity contribution in [2.45, 2.75) is 11.8 Å². The van der Waals surface area contributed by atoms with E-state index in [9.17, 15) is 4.79 Å². The molecule has 1 amide bonds. The fourth-order valence-corrected chi connectivity index (χ4v) is 2.70. The van der Waals surface area contributed by atoms with Crippen LogP contribution in [0, 0.1) is 11.3 Å². The van der Waals surface area contributed by atoms with Crippen LogP contribution in [0.3, 0.4) is 0 Å². The predicted molar refractivity (Wildman–Crippen MR) is 97.7 cm³/mol. The van der Waals surface area contributed by atoms with Crippen LogP contribution in [0.1, 0.15) is 11.4 Å². The summed E-state index contributed by atoms with van der Waals surface area (Å²) in [5.41, 5.74) is 0.914. The molecule has 7 nitrogen and oxygen atoms in total. The van der Waals surface area contributed by atoms with Crippen LogP contribution >= 0.6 is 11.8 Å². The Morgan fingerprint density at radius 2 is 1.96 bits per heavy atom. The number of para-hydroxylation sites is 2. The smallest absolute Gasteiger partial charge is 0.234 e. The third kappa shape index (κ3) is 4.84. The standard InChI is InChI=1S/C18H15N5O2S/c19-10-13-6-4-5-9-15(13)20-17(24)12-26-18-21-16(22-23-18)11-25-14-7-2-1-3-8-14/h1-9H,11-12H2,(H,20,24)(H,21,22,23). The molecule has 8 heteroatoms. The van der Waals surface area contributed by atoms with E-state index in [0.717, 1.165) is 5.75 Å². The van der Waals surface area contributed by atoms with Crippen LogP contribution < -0.4 is 10.1 Å². The van der Waals surface area contributed by atoms with Crippen LogP contribution in [0.5, 0.6) is 5.75 Å². The summed E-state index contributed by atoms with van der Waals surface area (Å²) in [7, 11) is 0. The van der Waals surface area contributed by atoms with Crippen molar-refractivity contribution in [3.63, 3.8) is 0 Å². The summed E-state index contributed by atoms with van der Waals surface area (Å²) in [6.07, 6.45) is 0. The number of ether oxygens (including phenoxy) is 1. The molecule has 0 aliphatic rings. The van der Waals surface area contributed by atoms with E-state index in [4.69, 9.17) is 10.00 Å². The average molecular weight is 365 g/mol. The van der Waals surface area contributed by atoms with Crippen LogP contribution in [-0.2, 0) is 11.4 Å². The van der Waals surface area contributed by atoms with E-state index >= 15 is 0 Å². The zero-order chi connectivity index (χ0) is 18.2. The number of nitrogens with zero attached hydrogens (tertiary/aromatic N) is 3. The van der Waals surface area contributed by atoms with Crippen LogP contribution in [-0.4, -0.2) is 26.8 Å². The lowest BCUT2D eigenvalue weighted by atomic mass is 10.2. The summed E-state index contributed by atoms with van der Waals surface area (Å²) >= 11 is 1.20. The van der Waals surface area contributed by atoms with Gasteiger partial charge in [-0.3, -0.25) is 9.89 Å². The van der Waals surface area contributed by atoms with Gasteiger partial charge >= 0.3 is 0 Å². The number of aromatic nitrogens is 3. The monoisotopic (exact) mass is 365 g/mol. The maximum Gasteiger partial charge on any atom is 0.234 e. The Morgan fingerprint density at radius 3 is 2.77 bits per heavy atom. The summed E-state index contributed by atoms with van der Waals surface area (Å²) in [5, 5.41) is 19.0. The molecule has 0 saturated heterocycles. The number of amides is 1. The summed E-state index contributed by atoms with van der Waals surface area (Å²) in [4.78, 5) is 16.3. The van der Waals surface area contributed by atoms with Crippen LogP contribution in [0.4, 0.5) is 5.69 Å². The minimum absolute atomic E-state index is 0.136. The number of benzene rings is 2. The van der Waals surface area contributed by atoms with E-state index in [1.54, 1.807) is 24.3 Å². The molecule has 0 unspecified atom stereocenters. The van der Waals surface area contributed by atoms with Crippen molar-refractivity contribution in [3.05, 3.63) is 66.0 Å². The van der Waals surface area contributed by atoms with Gasteiger partial charge in [0.15, 0.2) is 5.82 Å². The number of hydrogen-bond donors (Lipinski definition) is 2. The second kappa shape index (κ2) is 8.69. The van der Waals surface area contributed by atoms with Gasteiger partial charge in [-0.1, -0.05) is 42.1 Å². The fourth-order valence-electron chi connectivity index (χ4n) is 2.08. The molecule has 0 atom stereocenters. The number of carbonyl (C=O) groups excluding carboxylic acids is 1.